The topological polar surface area (TPSA) is 26.3 Å². The summed E-state index contributed by atoms with van der Waals surface area (Å²) >= 11 is 0. The first-order valence-corrected chi connectivity index (χ1v) is 7.10. The number of benzene rings is 2. The van der Waals surface area contributed by atoms with Crippen LogP contribution < -0.4 is 0 Å². The highest BCUT2D eigenvalue weighted by molar-refractivity contribution is 6.21. The van der Waals surface area contributed by atoms with Crippen LogP contribution in [-0.2, 0) is 16.0 Å². The zero-order valence-corrected chi connectivity index (χ0v) is 12.0. The average molecular weight is 294 g/mol. The van der Waals surface area contributed by atoms with Crippen molar-refractivity contribution in [2.45, 2.75) is 6.42 Å². The lowest BCUT2D eigenvalue weighted by molar-refractivity contribution is -0.113. The minimum absolute atomic E-state index is 0.0895. The number of fused-ring (bicyclic) bond motifs is 1. The number of rotatable bonds is 1. The van der Waals surface area contributed by atoms with Gasteiger partial charge in [-0.15, -0.1) is 0 Å². The summed E-state index contributed by atoms with van der Waals surface area (Å²) in [5.74, 6) is -0.416. The smallest absolute Gasteiger partial charge is 0.170 e. The number of carbonyl (C=O) groups is 1. The van der Waals surface area contributed by atoms with Crippen molar-refractivity contribution >= 4 is 17.4 Å². The fraction of sp³-hybridized carbons (Fsp3) is 0.105. The maximum absolute atomic E-state index is 13.9. The second-order valence-electron chi connectivity index (χ2n) is 5.05. The molecule has 0 N–H and O–H groups in total. The van der Waals surface area contributed by atoms with Gasteiger partial charge in [-0.25, -0.2) is 4.39 Å². The molecule has 2 aromatic rings. The number of hydrogen-bond donors (Lipinski definition) is 0. The molecule has 2 nitrogen and oxygen atoms in total. The van der Waals surface area contributed by atoms with Crippen LogP contribution in [0.25, 0.3) is 11.6 Å². The van der Waals surface area contributed by atoms with E-state index in [2.05, 4.69) is 0 Å². The summed E-state index contributed by atoms with van der Waals surface area (Å²) in [6.07, 6.45) is 5.05. The Morgan fingerprint density at radius 1 is 1.00 bits per heavy atom. The first-order valence-electron chi connectivity index (χ1n) is 7.10. The Kier molecular flexibility index (Phi) is 4.15. The van der Waals surface area contributed by atoms with Gasteiger partial charge in [-0.3, -0.25) is 4.79 Å². The third-order valence-corrected chi connectivity index (χ3v) is 3.56. The SMILES string of the molecule is O=C1Cc2cccc(F)c2/C=C\CO/C=C\1c1ccccc1. The Balaban J connectivity index is 2.02. The Bertz CT molecular complexity index is 745. The first kappa shape index (κ1) is 14.3. The van der Waals surface area contributed by atoms with E-state index in [4.69, 9.17) is 4.74 Å². The Morgan fingerprint density at radius 3 is 2.64 bits per heavy atom. The molecule has 0 fully saturated rings. The van der Waals surface area contributed by atoms with Crippen LogP contribution in [0.15, 0.2) is 60.9 Å². The molecule has 3 heteroatoms. The molecule has 0 amide bonds. The molecular formula is C19H15FO2. The Morgan fingerprint density at radius 2 is 1.82 bits per heavy atom. The standard InChI is InChI=1S/C19H15FO2/c20-18-10-4-8-15-12-19(21)17(14-6-2-1-3-7-14)13-22-11-5-9-16(15)18/h1-10,13H,11-12H2/b9-5-,17-13-. The highest BCUT2D eigenvalue weighted by Gasteiger charge is 2.16. The molecule has 0 aliphatic carbocycles. The van der Waals surface area contributed by atoms with Crippen molar-refractivity contribution < 1.29 is 13.9 Å². The van der Waals surface area contributed by atoms with Crippen LogP contribution in [0.1, 0.15) is 16.7 Å². The quantitative estimate of drug-likeness (QED) is 0.794. The molecule has 0 spiro atoms. The van der Waals surface area contributed by atoms with Gasteiger partial charge < -0.3 is 4.74 Å². The van der Waals surface area contributed by atoms with E-state index < -0.39 is 0 Å². The molecule has 0 bridgehead atoms. The maximum atomic E-state index is 13.9. The van der Waals surface area contributed by atoms with Gasteiger partial charge >= 0.3 is 0 Å². The number of ether oxygens (including phenoxy) is 1. The van der Waals surface area contributed by atoms with E-state index in [-0.39, 0.29) is 24.6 Å². The molecule has 110 valence electrons. The fourth-order valence-electron chi connectivity index (χ4n) is 2.46. The van der Waals surface area contributed by atoms with Crippen molar-refractivity contribution in [3.05, 3.63) is 83.4 Å². The molecular weight excluding hydrogens is 279 g/mol. The van der Waals surface area contributed by atoms with E-state index >= 15 is 0 Å². The third-order valence-electron chi connectivity index (χ3n) is 3.56. The largest absolute Gasteiger partial charge is 0.496 e. The van der Waals surface area contributed by atoms with Crippen molar-refractivity contribution in [3.8, 4) is 0 Å². The monoisotopic (exact) mass is 294 g/mol. The van der Waals surface area contributed by atoms with Gasteiger partial charge in [-0.1, -0.05) is 48.5 Å². The van der Waals surface area contributed by atoms with Crippen LogP contribution >= 0.6 is 0 Å². The molecule has 1 aliphatic rings. The van der Waals surface area contributed by atoms with Crippen molar-refractivity contribution in [1.29, 1.82) is 0 Å². The second kappa shape index (κ2) is 6.39. The molecule has 1 aliphatic heterocycles. The summed E-state index contributed by atoms with van der Waals surface area (Å²) in [5.41, 5.74) is 2.44. The van der Waals surface area contributed by atoms with E-state index in [1.165, 1.54) is 12.3 Å². The van der Waals surface area contributed by atoms with Crippen molar-refractivity contribution in [3.63, 3.8) is 0 Å². The lowest BCUT2D eigenvalue weighted by Crippen LogP contribution is -2.09. The molecule has 0 aromatic heterocycles. The summed E-state index contributed by atoms with van der Waals surface area (Å²) in [4.78, 5) is 12.6. The summed E-state index contributed by atoms with van der Waals surface area (Å²) in [5, 5.41) is 0. The summed E-state index contributed by atoms with van der Waals surface area (Å²) in [6, 6.07) is 14.2. The van der Waals surface area contributed by atoms with E-state index in [0.29, 0.717) is 16.7 Å². The molecule has 2 aromatic carbocycles. The van der Waals surface area contributed by atoms with Crippen molar-refractivity contribution in [1.82, 2.24) is 0 Å². The van der Waals surface area contributed by atoms with Crippen molar-refractivity contribution in [2.75, 3.05) is 6.61 Å². The third kappa shape index (κ3) is 2.98. The minimum Gasteiger partial charge on any atom is -0.496 e. The number of halogens is 1. The molecule has 0 saturated heterocycles. The highest BCUT2D eigenvalue weighted by Crippen LogP contribution is 2.22. The van der Waals surface area contributed by atoms with E-state index in [1.807, 2.05) is 30.3 Å². The summed E-state index contributed by atoms with van der Waals surface area (Å²) in [6.45, 7) is 0.289. The van der Waals surface area contributed by atoms with Gasteiger partial charge in [0, 0.05) is 12.0 Å². The van der Waals surface area contributed by atoms with Crippen LogP contribution in [0.2, 0.25) is 0 Å². The lowest BCUT2D eigenvalue weighted by Gasteiger charge is -2.12. The molecule has 22 heavy (non-hydrogen) atoms. The normalized spacial score (nSPS) is 18.6. The molecule has 0 atom stereocenters. The zero-order valence-electron chi connectivity index (χ0n) is 12.0. The van der Waals surface area contributed by atoms with Crippen LogP contribution in [-0.4, -0.2) is 12.4 Å². The number of carbonyl (C=O) groups excluding carboxylic acids is 1. The van der Waals surface area contributed by atoms with Crippen LogP contribution in [0.5, 0.6) is 0 Å². The molecule has 0 unspecified atom stereocenters. The number of allylic oxidation sites excluding steroid dienone is 1. The van der Waals surface area contributed by atoms with E-state index in [1.54, 1.807) is 24.3 Å². The lowest BCUT2D eigenvalue weighted by atomic mass is 9.95. The maximum Gasteiger partial charge on any atom is 0.170 e. The second-order valence-corrected chi connectivity index (χ2v) is 5.05. The molecule has 0 saturated carbocycles. The highest BCUT2D eigenvalue weighted by atomic mass is 19.1. The number of Topliss-reactive ketones (excluding diaryl/α,β-unsaturated/α-hetero) is 1. The fourth-order valence-corrected chi connectivity index (χ4v) is 2.46. The molecule has 3 rings (SSSR count). The zero-order chi connectivity index (χ0) is 15.4. The van der Waals surface area contributed by atoms with Crippen LogP contribution in [0.3, 0.4) is 0 Å². The summed E-state index contributed by atoms with van der Waals surface area (Å²) < 4.78 is 19.4. The average Bonchev–Trinajstić information content (AvgIpc) is 2.53. The van der Waals surface area contributed by atoms with Gasteiger partial charge in [-0.2, -0.15) is 0 Å². The van der Waals surface area contributed by atoms with Gasteiger partial charge in [0.1, 0.15) is 12.4 Å². The van der Waals surface area contributed by atoms with Crippen molar-refractivity contribution in [2.24, 2.45) is 0 Å². The predicted molar refractivity (Wildman–Crippen MR) is 84.5 cm³/mol. The minimum atomic E-state index is -0.327. The van der Waals surface area contributed by atoms with Gasteiger partial charge in [0.2, 0.25) is 0 Å². The van der Waals surface area contributed by atoms with Crippen LogP contribution in [0, 0.1) is 5.82 Å². The summed E-state index contributed by atoms with van der Waals surface area (Å²) in [7, 11) is 0. The molecule has 0 radical (unpaired) electrons. The Labute approximate surface area is 128 Å². The Hall–Kier alpha value is -2.68. The van der Waals surface area contributed by atoms with Gasteiger partial charge in [-0.05, 0) is 23.3 Å². The first-order chi connectivity index (χ1) is 10.8. The van der Waals surface area contributed by atoms with Gasteiger partial charge in [0.25, 0.3) is 0 Å². The van der Waals surface area contributed by atoms with E-state index in [9.17, 15) is 9.18 Å². The molecule has 1 heterocycles. The number of hydrogen-bond acceptors (Lipinski definition) is 2. The predicted octanol–water partition coefficient (Wildman–Crippen LogP) is 4.02. The van der Waals surface area contributed by atoms with Crippen LogP contribution in [0.4, 0.5) is 4.39 Å². The number of ketones is 1. The van der Waals surface area contributed by atoms with E-state index in [0.717, 1.165) is 5.56 Å². The van der Waals surface area contributed by atoms with Gasteiger partial charge in [0.15, 0.2) is 5.78 Å². The van der Waals surface area contributed by atoms with Gasteiger partial charge in [0.05, 0.1) is 11.8 Å².